The van der Waals surface area contributed by atoms with Crippen LogP contribution in [0.1, 0.15) is 16.9 Å². The number of benzene rings is 2. The lowest BCUT2D eigenvalue weighted by atomic mass is 10.2. The van der Waals surface area contributed by atoms with Gasteiger partial charge in [-0.25, -0.2) is 13.5 Å². The van der Waals surface area contributed by atoms with Gasteiger partial charge in [-0.15, -0.1) is 0 Å². The number of hydrogen-bond donors (Lipinski definition) is 0. The Hall–Kier alpha value is -3.10. The van der Waals surface area contributed by atoms with Crippen molar-refractivity contribution in [3.8, 4) is 11.4 Å². The summed E-state index contributed by atoms with van der Waals surface area (Å²) in [6.07, 6.45) is 1.63. The fourth-order valence-corrected chi connectivity index (χ4v) is 3.74. The Bertz CT molecular complexity index is 1250. The molecule has 8 heteroatoms. The van der Waals surface area contributed by atoms with Crippen molar-refractivity contribution in [3.05, 3.63) is 94.2 Å². The maximum absolute atomic E-state index is 13.5. The molecular weight excluding hydrogens is 418 g/mol. The van der Waals surface area contributed by atoms with Crippen molar-refractivity contribution in [2.24, 2.45) is 0 Å². The van der Waals surface area contributed by atoms with Crippen molar-refractivity contribution in [1.82, 2.24) is 19.2 Å². The topological polar surface area (TPSA) is 39.1 Å². The Morgan fingerprint density at radius 1 is 1.03 bits per heavy atom. The minimum Gasteiger partial charge on any atom is -0.469 e. The predicted octanol–water partition coefficient (Wildman–Crippen LogP) is 5.40. The largest absolute Gasteiger partial charge is 0.469 e. The Kier molecular flexibility index (Phi) is 6.11. The van der Waals surface area contributed by atoms with Crippen LogP contribution in [-0.4, -0.2) is 26.3 Å². The molecule has 0 saturated heterocycles. The van der Waals surface area contributed by atoms with Crippen LogP contribution in [0.4, 0.5) is 8.78 Å². The first-order valence-electron chi connectivity index (χ1n) is 9.81. The van der Waals surface area contributed by atoms with Crippen LogP contribution < -0.4 is 0 Å². The van der Waals surface area contributed by atoms with E-state index in [1.807, 2.05) is 59.8 Å². The number of rotatable bonds is 7. The SMILES string of the molecule is Cc1occc1-c1nn(CN(C)Cc2ccc(F)c(F)c2)c(=S)n1Cc1ccccc1. The highest BCUT2D eigenvalue weighted by atomic mass is 32.1. The first kappa shape index (κ1) is 21.1. The Morgan fingerprint density at radius 2 is 1.81 bits per heavy atom. The van der Waals surface area contributed by atoms with Crippen LogP contribution >= 0.6 is 12.2 Å². The average Bonchev–Trinajstić information content (AvgIpc) is 3.29. The standard InChI is InChI=1S/C23H22F2N4OS/c1-16-19(10-11-30-16)22-26-29(23(31)28(22)14-17-6-4-3-5-7-17)15-27(2)13-18-8-9-20(24)21(25)12-18/h3-12H,13-15H2,1-2H3. The molecule has 31 heavy (non-hydrogen) atoms. The zero-order valence-corrected chi connectivity index (χ0v) is 18.1. The number of nitrogens with zero attached hydrogens (tertiary/aromatic N) is 4. The highest BCUT2D eigenvalue weighted by molar-refractivity contribution is 7.71. The van der Waals surface area contributed by atoms with Gasteiger partial charge in [-0.05, 0) is 55.5 Å². The van der Waals surface area contributed by atoms with Gasteiger partial charge in [0.2, 0.25) is 0 Å². The summed E-state index contributed by atoms with van der Waals surface area (Å²) >= 11 is 5.75. The Balaban J connectivity index is 1.64. The molecule has 0 unspecified atom stereocenters. The second kappa shape index (κ2) is 8.95. The molecule has 0 radical (unpaired) electrons. The molecule has 4 aromatic rings. The van der Waals surface area contributed by atoms with Crippen LogP contribution in [0.2, 0.25) is 0 Å². The van der Waals surface area contributed by atoms with E-state index < -0.39 is 11.6 Å². The van der Waals surface area contributed by atoms with Crippen LogP contribution in [0.25, 0.3) is 11.4 Å². The molecule has 0 aliphatic carbocycles. The normalized spacial score (nSPS) is 11.4. The number of halogens is 2. The van der Waals surface area contributed by atoms with Gasteiger partial charge in [-0.2, -0.15) is 5.10 Å². The second-order valence-electron chi connectivity index (χ2n) is 7.47. The lowest BCUT2D eigenvalue weighted by Gasteiger charge is -2.16. The van der Waals surface area contributed by atoms with Gasteiger partial charge in [0.05, 0.1) is 25.0 Å². The second-order valence-corrected chi connectivity index (χ2v) is 7.84. The minimum atomic E-state index is -0.854. The van der Waals surface area contributed by atoms with E-state index in [0.717, 1.165) is 28.8 Å². The van der Waals surface area contributed by atoms with E-state index >= 15 is 0 Å². The third-order valence-electron chi connectivity index (χ3n) is 5.02. The molecule has 0 aliphatic rings. The molecule has 2 heterocycles. The van der Waals surface area contributed by atoms with Gasteiger partial charge >= 0.3 is 0 Å². The van der Waals surface area contributed by atoms with E-state index in [4.69, 9.17) is 21.7 Å². The van der Waals surface area contributed by atoms with Crippen molar-refractivity contribution in [2.75, 3.05) is 7.05 Å². The first-order valence-corrected chi connectivity index (χ1v) is 10.2. The fourth-order valence-electron chi connectivity index (χ4n) is 3.49. The lowest BCUT2D eigenvalue weighted by Crippen LogP contribution is -2.22. The summed E-state index contributed by atoms with van der Waals surface area (Å²) in [6.45, 7) is 3.28. The van der Waals surface area contributed by atoms with Crippen LogP contribution in [0.15, 0.2) is 65.3 Å². The molecule has 0 saturated carbocycles. The molecule has 0 spiro atoms. The van der Waals surface area contributed by atoms with Crippen molar-refractivity contribution in [3.63, 3.8) is 0 Å². The number of aryl methyl sites for hydroxylation is 1. The maximum atomic E-state index is 13.5. The summed E-state index contributed by atoms with van der Waals surface area (Å²) in [5, 5.41) is 4.76. The third kappa shape index (κ3) is 4.65. The van der Waals surface area contributed by atoms with Crippen molar-refractivity contribution < 1.29 is 13.2 Å². The fraction of sp³-hybridized carbons (Fsp3) is 0.217. The molecule has 5 nitrogen and oxygen atoms in total. The molecule has 0 atom stereocenters. The average molecular weight is 441 g/mol. The summed E-state index contributed by atoms with van der Waals surface area (Å²) in [7, 11) is 1.88. The van der Waals surface area contributed by atoms with Gasteiger partial charge in [0.25, 0.3) is 0 Å². The molecule has 0 bridgehead atoms. The first-order chi connectivity index (χ1) is 14.9. The third-order valence-corrected chi connectivity index (χ3v) is 5.45. The smallest absolute Gasteiger partial charge is 0.199 e. The number of aromatic nitrogens is 3. The van der Waals surface area contributed by atoms with Gasteiger partial charge in [0, 0.05) is 6.54 Å². The van der Waals surface area contributed by atoms with E-state index in [1.165, 1.54) is 6.07 Å². The van der Waals surface area contributed by atoms with Crippen LogP contribution in [0, 0.1) is 23.3 Å². The quantitative estimate of drug-likeness (QED) is 0.361. The van der Waals surface area contributed by atoms with E-state index in [2.05, 4.69) is 0 Å². The van der Waals surface area contributed by atoms with E-state index in [1.54, 1.807) is 17.0 Å². The molecule has 0 aliphatic heterocycles. The van der Waals surface area contributed by atoms with E-state index in [-0.39, 0.29) is 0 Å². The molecule has 160 valence electrons. The van der Waals surface area contributed by atoms with Crippen molar-refractivity contribution >= 4 is 12.2 Å². The highest BCUT2D eigenvalue weighted by Gasteiger charge is 2.17. The minimum absolute atomic E-state index is 0.392. The summed E-state index contributed by atoms with van der Waals surface area (Å²) in [5.74, 6) is -0.223. The summed E-state index contributed by atoms with van der Waals surface area (Å²) in [5.41, 5.74) is 2.65. The van der Waals surface area contributed by atoms with Crippen molar-refractivity contribution in [2.45, 2.75) is 26.7 Å². The molecule has 0 amide bonds. The van der Waals surface area contributed by atoms with Gasteiger partial charge in [-0.3, -0.25) is 9.47 Å². The van der Waals surface area contributed by atoms with Crippen molar-refractivity contribution in [1.29, 1.82) is 0 Å². The van der Waals surface area contributed by atoms with E-state index in [0.29, 0.717) is 30.1 Å². The highest BCUT2D eigenvalue weighted by Crippen LogP contribution is 2.24. The van der Waals surface area contributed by atoms with Gasteiger partial charge < -0.3 is 4.42 Å². The number of hydrogen-bond acceptors (Lipinski definition) is 4. The summed E-state index contributed by atoms with van der Waals surface area (Å²) in [6, 6.07) is 15.8. The summed E-state index contributed by atoms with van der Waals surface area (Å²) < 4.78 is 36.5. The monoisotopic (exact) mass is 440 g/mol. The maximum Gasteiger partial charge on any atom is 0.199 e. The Labute approximate surface area is 184 Å². The molecule has 2 aromatic heterocycles. The zero-order chi connectivity index (χ0) is 22.0. The van der Waals surface area contributed by atoms with Crippen LogP contribution in [0.5, 0.6) is 0 Å². The van der Waals surface area contributed by atoms with Crippen LogP contribution in [-0.2, 0) is 19.8 Å². The van der Waals surface area contributed by atoms with E-state index in [9.17, 15) is 8.78 Å². The lowest BCUT2D eigenvalue weighted by molar-refractivity contribution is 0.243. The summed E-state index contributed by atoms with van der Waals surface area (Å²) in [4.78, 5) is 1.94. The molecular formula is C23H22F2N4OS. The van der Waals surface area contributed by atoms with Crippen LogP contribution in [0.3, 0.4) is 0 Å². The Morgan fingerprint density at radius 3 is 2.48 bits per heavy atom. The molecule has 0 fully saturated rings. The molecule has 2 aromatic carbocycles. The van der Waals surface area contributed by atoms with Gasteiger partial charge in [0.1, 0.15) is 5.76 Å². The molecule has 0 N–H and O–H groups in total. The number of furan rings is 1. The van der Waals surface area contributed by atoms with Gasteiger partial charge in [0.15, 0.2) is 22.2 Å². The zero-order valence-electron chi connectivity index (χ0n) is 17.3. The van der Waals surface area contributed by atoms with Gasteiger partial charge in [-0.1, -0.05) is 36.4 Å². The molecule has 4 rings (SSSR count). The predicted molar refractivity (Wildman–Crippen MR) is 117 cm³/mol.